The molecule has 5 rings (SSSR count). The smallest absolute Gasteiger partial charge is 0.273 e. The Morgan fingerprint density at radius 1 is 1.19 bits per heavy atom. The Balaban J connectivity index is 1.13. The van der Waals surface area contributed by atoms with E-state index in [-0.39, 0.29) is 30.0 Å². The highest BCUT2D eigenvalue weighted by Gasteiger charge is 2.24. The molecule has 1 saturated carbocycles. The van der Waals surface area contributed by atoms with Gasteiger partial charge in [-0.2, -0.15) is 10.1 Å². The number of nitrogens with zero attached hydrogens (tertiary/aromatic N) is 4. The second kappa shape index (κ2) is 10.5. The van der Waals surface area contributed by atoms with Crippen molar-refractivity contribution < 1.29 is 14.1 Å². The van der Waals surface area contributed by atoms with Crippen molar-refractivity contribution in [2.45, 2.75) is 50.6 Å². The lowest BCUT2D eigenvalue weighted by Crippen LogP contribution is -2.42. The lowest BCUT2D eigenvalue weighted by molar-refractivity contribution is -0.122. The summed E-state index contributed by atoms with van der Waals surface area (Å²) in [4.78, 5) is 33.3. The van der Waals surface area contributed by atoms with E-state index >= 15 is 0 Å². The number of hydrogen-bond acceptors (Lipinski definition) is 9. The van der Waals surface area contributed by atoms with E-state index in [4.69, 9.17) is 9.26 Å². The van der Waals surface area contributed by atoms with Gasteiger partial charge >= 0.3 is 0 Å². The predicted molar refractivity (Wildman–Crippen MR) is 133 cm³/mol. The second-order valence-corrected chi connectivity index (χ2v) is 8.81. The molecule has 3 aromatic heterocycles. The van der Waals surface area contributed by atoms with E-state index < -0.39 is 0 Å². The lowest BCUT2D eigenvalue weighted by Gasteiger charge is -2.30. The van der Waals surface area contributed by atoms with Gasteiger partial charge in [0, 0.05) is 36.7 Å². The number of pyridine rings is 1. The highest BCUT2D eigenvalue weighted by molar-refractivity contribution is 5.86. The number of carbonyl (C=O) groups is 1. The van der Waals surface area contributed by atoms with Gasteiger partial charge in [0.2, 0.25) is 17.6 Å². The van der Waals surface area contributed by atoms with Gasteiger partial charge in [-0.25, -0.2) is 5.10 Å². The summed E-state index contributed by atoms with van der Waals surface area (Å²) >= 11 is 0. The van der Waals surface area contributed by atoms with Crippen LogP contribution in [0.5, 0.6) is 5.75 Å². The highest BCUT2D eigenvalue weighted by Crippen LogP contribution is 2.24. The van der Waals surface area contributed by atoms with Crippen LogP contribution in [0.3, 0.4) is 0 Å². The first-order valence-corrected chi connectivity index (χ1v) is 12.0. The number of aromatic amines is 1. The van der Waals surface area contributed by atoms with E-state index in [1.54, 1.807) is 25.4 Å². The molecule has 1 aliphatic rings. The first-order chi connectivity index (χ1) is 17.6. The summed E-state index contributed by atoms with van der Waals surface area (Å²) in [6.07, 6.45) is 5.83. The molecule has 1 fully saturated rings. The number of fused-ring (bicyclic) bond motifs is 1. The Morgan fingerprint density at radius 3 is 2.86 bits per heavy atom. The Hall–Kier alpha value is -4.28. The Morgan fingerprint density at radius 2 is 2.03 bits per heavy atom. The zero-order chi connectivity index (χ0) is 24.9. The summed E-state index contributed by atoms with van der Waals surface area (Å²) in [7, 11) is 1.61. The van der Waals surface area contributed by atoms with Gasteiger partial charge in [0.1, 0.15) is 11.3 Å². The van der Waals surface area contributed by atoms with Crippen molar-refractivity contribution in [3.63, 3.8) is 0 Å². The van der Waals surface area contributed by atoms with Gasteiger partial charge in [0.25, 0.3) is 5.56 Å². The minimum Gasteiger partial charge on any atom is -0.497 e. The first kappa shape index (κ1) is 23.5. The number of hydrogen-bond donors (Lipinski definition) is 3. The zero-order valence-electron chi connectivity index (χ0n) is 19.9. The summed E-state index contributed by atoms with van der Waals surface area (Å²) in [6.45, 7) is 0. The third kappa shape index (κ3) is 5.35. The maximum absolute atomic E-state index is 12.6. The predicted octanol–water partition coefficient (Wildman–Crippen LogP) is 2.85. The molecule has 1 aromatic carbocycles. The molecule has 0 radical (unpaired) electrons. The number of aryl methyl sites for hydroxylation is 1. The third-order valence-electron chi connectivity index (χ3n) is 6.31. The fraction of sp³-hybridized carbons (Fsp3) is 0.360. The van der Waals surface area contributed by atoms with Crippen LogP contribution >= 0.6 is 0 Å². The summed E-state index contributed by atoms with van der Waals surface area (Å²) in [5.74, 6) is 2.14. The normalized spacial score (nSPS) is 17.6. The molecule has 4 aromatic rings. The number of carbonyl (C=O) groups excluding carboxylic acids is 1. The van der Waals surface area contributed by atoms with Gasteiger partial charge in [0.15, 0.2) is 5.82 Å². The maximum atomic E-state index is 12.6. The van der Waals surface area contributed by atoms with Gasteiger partial charge in [-0.3, -0.25) is 14.6 Å². The molecular formula is C25H27N7O4. The van der Waals surface area contributed by atoms with Crippen LogP contribution in [-0.4, -0.2) is 50.4 Å². The van der Waals surface area contributed by atoms with Crippen molar-refractivity contribution >= 4 is 22.6 Å². The van der Waals surface area contributed by atoms with Crippen LogP contribution in [0.25, 0.3) is 22.3 Å². The largest absolute Gasteiger partial charge is 0.497 e. The standard InChI is InChI=1S/C25H27N7O4/c1-35-18-9-7-15(8-10-18)23-29-21(36-32-23)12-11-20(33)27-16-4-2-5-17(14-16)28-24-22-19(6-3-13-26-22)25(34)31-30-24/h3,6-10,13,16-17H,2,4-5,11-12,14H2,1H3,(H,27,33)(H,28,30)(H,31,34). The average molecular weight is 490 g/mol. The summed E-state index contributed by atoms with van der Waals surface area (Å²) in [5.41, 5.74) is 1.09. The van der Waals surface area contributed by atoms with Gasteiger partial charge in [-0.1, -0.05) is 5.16 Å². The van der Waals surface area contributed by atoms with Crippen LogP contribution < -0.4 is 20.9 Å². The number of benzene rings is 1. The third-order valence-corrected chi connectivity index (χ3v) is 6.31. The molecule has 11 heteroatoms. The second-order valence-electron chi connectivity index (χ2n) is 8.81. The minimum absolute atomic E-state index is 0.0447. The first-order valence-electron chi connectivity index (χ1n) is 12.0. The highest BCUT2D eigenvalue weighted by atomic mass is 16.5. The van der Waals surface area contributed by atoms with Crippen LogP contribution in [0.4, 0.5) is 5.82 Å². The monoisotopic (exact) mass is 489 g/mol. The zero-order valence-corrected chi connectivity index (χ0v) is 19.9. The molecule has 3 N–H and O–H groups in total. The SMILES string of the molecule is COc1ccc(-c2noc(CCC(=O)NC3CCCC(Nc4n[nH]c(=O)c5cccnc45)C3)n2)cc1. The Kier molecular flexibility index (Phi) is 6.87. The fourth-order valence-corrected chi connectivity index (χ4v) is 4.48. The molecule has 0 saturated heterocycles. The van der Waals surface area contributed by atoms with Gasteiger partial charge in [-0.15, -0.1) is 0 Å². The number of aromatic nitrogens is 5. The molecule has 0 aliphatic heterocycles. The number of anilines is 1. The number of ether oxygens (including phenoxy) is 1. The van der Waals surface area contributed by atoms with Gasteiger partial charge in [0.05, 0.1) is 12.5 Å². The molecular weight excluding hydrogens is 462 g/mol. The molecule has 0 bridgehead atoms. The van der Waals surface area contributed by atoms with E-state index in [9.17, 15) is 9.59 Å². The van der Waals surface area contributed by atoms with E-state index in [0.29, 0.717) is 34.9 Å². The molecule has 0 spiro atoms. The lowest BCUT2D eigenvalue weighted by atomic mass is 9.90. The molecule has 1 aliphatic carbocycles. The van der Waals surface area contributed by atoms with Crippen LogP contribution in [0, 0.1) is 0 Å². The van der Waals surface area contributed by atoms with Crippen molar-refractivity contribution in [2.75, 3.05) is 12.4 Å². The van der Waals surface area contributed by atoms with Crippen LogP contribution in [0.15, 0.2) is 51.9 Å². The van der Waals surface area contributed by atoms with Crippen molar-refractivity contribution in [1.82, 2.24) is 30.6 Å². The summed E-state index contributed by atoms with van der Waals surface area (Å²) < 4.78 is 10.5. The minimum atomic E-state index is -0.269. The average Bonchev–Trinajstić information content (AvgIpc) is 3.39. The molecule has 1 amide bonds. The molecule has 186 valence electrons. The van der Waals surface area contributed by atoms with Gasteiger partial charge < -0.3 is 19.9 Å². The number of rotatable bonds is 8. The molecule has 2 unspecified atom stereocenters. The van der Waals surface area contributed by atoms with E-state index in [1.165, 1.54) is 0 Å². The van der Waals surface area contributed by atoms with E-state index in [2.05, 4.69) is 36.0 Å². The summed E-state index contributed by atoms with van der Waals surface area (Å²) in [6, 6.07) is 11.0. The number of H-pyrrole nitrogens is 1. The van der Waals surface area contributed by atoms with Crippen LogP contribution in [-0.2, 0) is 11.2 Å². The Labute approximate surface area is 206 Å². The topological polar surface area (TPSA) is 148 Å². The maximum Gasteiger partial charge on any atom is 0.273 e. The number of amides is 1. The van der Waals surface area contributed by atoms with Crippen LogP contribution in [0.1, 0.15) is 38.0 Å². The quantitative estimate of drug-likeness (QED) is 0.340. The summed E-state index contributed by atoms with van der Waals surface area (Å²) in [5, 5.41) is 17.7. The fourth-order valence-electron chi connectivity index (χ4n) is 4.48. The van der Waals surface area contributed by atoms with Crippen molar-refractivity contribution in [3.8, 4) is 17.1 Å². The molecule has 36 heavy (non-hydrogen) atoms. The van der Waals surface area contributed by atoms with Gasteiger partial charge in [-0.05, 0) is 62.1 Å². The molecule has 2 atom stereocenters. The molecule has 3 heterocycles. The molecule has 11 nitrogen and oxygen atoms in total. The number of nitrogens with one attached hydrogen (secondary N) is 3. The van der Waals surface area contributed by atoms with E-state index in [1.807, 2.05) is 24.3 Å². The van der Waals surface area contributed by atoms with Crippen LogP contribution in [0.2, 0.25) is 0 Å². The van der Waals surface area contributed by atoms with Crippen molar-refractivity contribution in [3.05, 3.63) is 58.8 Å². The Bertz CT molecular complexity index is 1400. The number of methoxy groups -OCH3 is 1. The van der Waals surface area contributed by atoms with E-state index in [0.717, 1.165) is 37.0 Å². The van der Waals surface area contributed by atoms with Crippen molar-refractivity contribution in [1.29, 1.82) is 0 Å². The van der Waals surface area contributed by atoms with Crippen molar-refractivity contribution in [2.24, 2.45) is 0 Å².